The number of fused-ring (bicyclic) bond motifs is 1. The van der Waals surface area contributed by atoms with Crippen molar-refractivity contribution in [1.29, 1.82) is 0 Å². The first-order valence-corrected chi connectivity index (χ1v) is 5.74. The number of hydrogen-bond acceptors (Lipinski definition) is 4. The van der Waals surface area contributed by atoms with Crippen LogP contribution in [0, 0.1) is 0 Å². The van der Waals surface area contributed by atoms with Gasteiger partial charge in [-0.3, -0.25) is 9.97 Å². The fraction of sp³-hybridized carbons (Fsp3) is 0.143. The molecule has 1 unspecified atom stereocenters. The average molecular weight is 240 g/mol. The molecular weight excluding hydrogens is 228 g/mol. The summed E-state index contributed by atoms with van der Waals surface area (Å²) < 4.78 is 5.23. The van der Waals surface area contributed by atoms with Gasteiger partial charge in [0.25, 0.3) is 0 Å². The minimum atomic E-state index is -0.595. The maximum Gasteiger partial charge on any atom is 0.106 e. The molecule has 0 saturated heterocycles. The number of aliphatic hydroxyl groups excluding tert-OH is 1. The lowest BCUT2D eigenvalue weighted by Gasteiger charge is -2.09. The summed E-state index contributed by atoms with van der Waals surface area (Å²) in [6, 6.07) is 9.25. The molecule has 0 fully saturated rings. The zero-order valence-electron chi connectivity index (χ0n) is 9.65. The first-order valence-electron chi connectivity index (χ1n) is 5.74. The molecule has 0 amide bonds. The zero-order chi connectivity index (χ0) is 12.4. The van der Waals surface area contributed by atoms with E-state index in [1.54, 1.807) is 18.7 Å². The molecule has 2 heterocycles. The lowest BCUT2D eigenvalue weighted by Crippen LogP contribution is -2.01. The van der Waals surface area contributed by atoms with Crippen molar-refractivity contribution in [3.63, 3.8) is 0 Å². The Hall–Kier alpha value is -2.20. The fourth-order valence-corrected chi connectivity index (χ4v) is 1.92. The molecular formula is C14H12N2O2. The predicted molar refractivity (Wildman–Crippen MR) is 66.9 cm³/mol. The summed E-state index contributed by atoms with van der Waals surface area (Å²) in [5.74, 6) is 0.766. The van der Waals surface area contributed by atoms with E-state index >= 15 is 0 Å². The van der Waals surface area contributed by atoms with E-state index < -0.39 is 6.10 Å². The van der Waals surface area contributed by atoms with Crippen molar-refractivity contribution in [2.24, 2.45) is 0 Å². The Balaban J connectivity index is 1.89. The van der Waals surface area contributed by atoms with Crippen LogP contribution in [-0.2, 0) is 6.42 Å². The lowest BCUT2D eigenvalue weighted by atomic mass is 10.0. The molecule has 0 spiro atoms. The van der Waals surface area contributed by atoms with Gasteiger partial charge in [-0.1, -0.05) is 6.07 Å². The molecule has 1 aromatic carbocycles. The minimum absolute atomic E-state index is 0.457. The third kappa shape index (κ3) is 2.10. The van der Waals surface area contributed by atoms with Crippen molar-refractivity contribution in [2.75, 3.05) is 0 Å². The monoisotopic (exact) mass is 240 g/mol. The van der Waals surface area contributed by atoms with Crippen LogP contribution in [0.1, 0.15) is 17.4 Å². The fourth-order valence-electron chi connectivity index (χ4n) is 1.92. The molecule has 4 nitrogen and oxygen atoms in total. The average Bonchev–Trinajstić information content (AvgIpc) is 2.91. The van der Waals surface area contributed by atoms with Gasteiger partial charge < -0.3 is 9.52 Å². The van der Waals surface area contributed by atoms with Gasteiger partial charge in [0, 0.05) is 18.8 Å². The van der Waals surface area contributed by atoms with Gasteiger partial charge in [-0.2, -0.15) is 0 Å². The van der Waals surface area contributed by atoms with Gasteiger partial charge in [-0.25, -0.2) is 0 Å². The Kier molecular flexibility index (Phi) is 2.78. The summed E-state index contributed by atoms with van der Waals surface area (Å²) in [6.45, 7) is 0. The van der Waals surface area contributed by atoms with Crippen molar-refractivity contribution in [3.05, 3.63) is 60.3 Å². The van der Waals surface area contributed by atoms with E-state index in [0.29, 0.717) is 6.42 Å². The van der Waals surface area contributed by atoms with E-state index in [9.17, 15) is 5.11 Å². The second-order valence-corrected chi connectivity index (χ2v) is 4.10. The van der Waals surface area contributed by atoms with Crippen LogP contribution >= 0.6 is 0 Å². The number of benzene rings is 1. The maximum absolute atomic E-state index is 10.1. The van der Waals surface area contributed by atoms with E-state index in [1.807, 2.05) is 30.3 Å². The largest absolute Gasteiger partial charge is 0.469 e. The maximum atomic E-state index is 10.1. The van der Waals surface area contributed by atoms with Crippen LogP contribution in [0.3, 0.4) is 0 Å². The number of aromatic nitrogens is 2. The third-order valence-electron chi connectivity index (χ3n) is 2.85. The molecule has 0 bridgehead atoms. The normalized spacial score (nSPS) is 12.7. The molecule has 3 aromatic rings. The second kappa shape index (κ2) is 4.58. The lowest BCUT2D eigenvalue weighted by molar-refractivity contribution is 0.170. The summed E-state index contributed by atoms with van der Waals surface area (Å²) >= 11 is 0. The van der Waals surface area contributed by atoms with Gasteiger partial charge >= 0.3 is 0 Å². The van der Waals surface area contributed by atoms with Gasteiger partial charge in [0.05, 0.1) is 23.4 Å². The van der Waals surface area contributed by atoms with Crippen molar-refractivity contribution in [3.8, 4) is 0 Å². The number of furan rings is 1. The standard InChI is InChI=1S/C14H12N2O2/c17-14(9-11-2-1-7-18-11)10-3-4-12-13(8-10)16-6-5-15-12/h1-8,14,17H,9H2. The summed E-state index contributed by atoms with van der Waals surface area (Å²) in [6.07, 6.45) is 4.77. The summed E-state index contributed by atoms with van der Waals surface area (Å²) in [5, 5.41) is 10.1. The highest BCUT2D eigenvalue weighted by Crippen LogP contribution is 2.21. The molecule has 1 N–H and O–H groups in total. The Morgan fingerprint density at radius 1 is 1.11 bits per heavy atom. The van der Waals surface area contributed by atoms with Gasteiger partial charge in [0.15, 0.2) is 0 Å². The van der Waals surface area contributed by atoms with Crippen LogP contribution in [0.2, 0.25) is 0 Å². The van der Waals surface area contributed by atoms with Gasteiger partial charge in [-0.05, 0) is 29.8 Å². The van der Waals surface area contributed by atoms with E-state index in [2.05, 4.69) is 9.97 Å². The molecule has 4 heteroatoms. The van der Waals surface area contributed by atoms with Crippen LogP contribution in [0.5, 0.6) is 0 Å². The van der Waals surface area contributed by atoms with Crippen LogP contribution in [-0.4, -0.2) is 15.1 Å². The molecule has 3 rings (SSSR count). The third-order valence-corrected chi connectivity index (χ3v) is 2.85. The van der Waals surface area contributed by atoms with Gasteiger partial charge in [0.1, 0.15) is 5.76 Å². The van der Waals surface area contributed by atoms with Crippen LogP contribution in [0.15, 0.2) is 53.4 Å². The Morgan fingerprint density at radius 2 is 1.94 bits per heavy atom. The van der Waals surface area contributed by atoms with Crippen molar-refractivity contribution in [1.82, 2.24) is 9.97 Å². The van der Waals surface area contributed by atoms with Crippen molar-refractivity contribution >= 4 is 11.0 Å². The first kappa shape index (κ1) is 10.9. The molecule has 1 atom stereocenters. The molecule has 0 aliphatic carbocycles. The molecule has 2 aromatic heterocycles. The quantitative estimate of drug-likeness (QED) is 0.764. The SMILES string of the molecule is OC(Cc1ccco1)c1ccc2nccnc2c1. The Labute approximate surface area is 104 Å². The number of aliphatic hydroxyl groups is 1. The zero-order valence-corrected chi connectivity index (χ0v) is 9.65. The van der Waals surface area contributed by atoms with Crippen LogP contribution in [0.4, 0.5) is 0 Å². The molecule has 0 radical (unpaired) electrons. The van der Waals surface area contributed by atoms with Gasteiger partial charge in [-0.15, -0.1) is 0 Å². The summed E-state index contributed by atoms with van der Waals surface area (Å²) in [7, 11) is 0. The van der Waals surface area contributed by atoms with E-state index in [1.165, 1.54) is 0 Å². The van der Waals surface area contributed by atoms with Crippen molar-refractivity contribution < 1.29 is 9.52 Å². The second-order valence-electron chi connectivity index (χ2n) is 4.10. The topological polar surface area (TPSA) is 59.2 Å². The van der Waals surface area contributed by atoms with Crippen LogP contribution < -0.4 is 0 Å². The Morgan fingerprint density at radius 3 is 2.72 bits per heavy atom. The first-order chi connectivity index (χ1) is 8.83. The highest BCUT2D eigenvalue weighted by Gasteiger charge is 2.11. The van der Waals surface area contributed by atoms with Gasteiger partial charge in [0.2, 0.25) is 0 Å². The highest BCUT2D eigenvalue weighted by atomic mass is 16.3. The predicted octanol–water partition coefficient (Wildman–Crippen LogP) is 2.50. The minimum Gasteiger partial charge on any atom is -0.469 e. The van der Waals surface area contributed by atoms with E-state index in [4.69, 9.17) is 4.42 Å². The molecule has 18 heavy (non-hydrogen) atoms. The number of rotatable bonds is 3. The molecule has 0 saturated carbocycles. The number of hydrogen-bond donors (Lipinski definition) is 1. The highest BCUT2D eigenvalue weighted by molar-refractivity contribution is 5.74. The Bertz CT molecular complexity index is 650. The smallest absolute Gasteiger partial charge is 0.106 e. The molecule has 90 valence electrons. The van der Waals surface area contributed by atoms with Crippen LogP contribution in [0.25, 0.3) is 11.0 Å². The van der Waals surface area contributed by atoms with E-state index in [-0.39, 0.29) is 0 Å². The van der Waals surface area contributed by atoms with E-state index in [0.717, 1.165) is 22.4 Å². The number of nitrogens with zero attached hydrogens (tertiary/aromatic N) is 2. The molecule has 0 aliphatic rings. The summed E-state index contributed by atoms with van der Waals surface area (Å²) in [5.41, 5.74) is 2.43. The summed E-state index contributed by atoms with van der Waals surface area (Å²) in [4.78, 5) is 8.42. The van der Waals surface area contributed by atoms with Crippen molar-refractivity contribution in [2.45, 2.75) is 12.5 Å². The molecule has 0 aliphatic heterocycles.